The van der Waals surface area contributed by atoms with E-state index in [1.165, 1.54) is 11.1 Å². The Morgan fingerprint density at radius 2 is 1.97 bits per heavy atom. The molecule has 0 spiro atoms. The second kappa shape index (κ2) is 11.2. The molecule has 2 aliphatic heterocycles. The van der Waals surface area contributed by atoms with Crippen molar-refractivity contribution in [3.05, 3.63) is 34.9 Å². The standard InChI is InChI=1S/C22H32N6O3.HI/c1-15-25-26-21(27(15)2)13-24-22(23-12-18-6-5-9-31-18)28-8-7-16-10-19(29-3)20(30-4)11-17(16)14-28;/h10-11,18H,5-9,12-14H2,1-4H3,(H,23,24);1H. The maximum Gasteiger partial charge on any atom is 0.194 e. The Kier molecular flexibility index (Phi) is 8.57. The number of methoxy groups -OCH3 is 2. The molecule has 1 fully saturated rings. The molecule has 1 aromatic heterocycles. The highest BCUT2D eigenvalue weighted by molar-refractivity contribution is 14.0. The summed E-state index contributed by atoms with van der Waals surface area (Å²) in [4.78, 5) is 7.18. The van der Waals surface area contributed by atoms with Gasteiger partial charge in [-0.1, -0.05) is 0 Å². The lowest BCUT2D eigenvalue weighted by atomic mass is 9.99. The number of halogens is 1. The maximum absolute atomic E-state index is 5.80. The van der Waals surface area contributed by atoms with Gasteiger partial charge in [0.1, 0.15) is 12.4 Å². The lowest BCUT2D eigenvalue weighted by molar-refractivity contribution is 0.113. The van der Waals surface area contributed by atoms with Crippen LogP contribution in [-0.4, -0.2) is 65.6 Å². The highest BCUT2D eigenvalue weighted by atomic mass is 127. The Hall–Kier alpha value is -2.08. The molecular weight excluding hydrogens is 523 g/mol. The number of aliphatic imine (C=N–C) groups is 1. The van der Waals surface area contributed by atoms with Crippen molar-refractivity contribution in [3.63, 3.8) is 0 Å². The zero-order valence-corrected chi connectivity index (χ0v) is 21.6. The lowest BCUT2D eigenvalue weighted by Crippen LogP contribution is -2.46. The molecule has 10 heteroatoms. The van der Waals surface area contributed by atoms with E-state index in [1.54, 1.807) is 14.2 Å². The van der Waals surface area contributed by atoms with Gasteiger partial charge in [-0.3, -0.25) is 0 Å². The average Bonchev–Trinajstić information content (AvgIpc) is 3.43. The molecule has 0 saturated carbocycles. The van der Waals surface area contributed by atoms with Crippen LogP contribution in [0, 0.1) is 6.92 Å². The monoisotopic (exact) mass is 556 g/mol. The van der Waals surface area contributed by atoms with Gasteiger partial charge in [0.2, 0.25) is 0 Å². The van der Waals surface area contributed by atoms with Crippen LogP contribution in [0.25, 0.3) is 0 Å². The van der Waals surface area contributed by atoms with Crippen molar-refractivity contribution in [2.24, 2.45) is 12.0 Å². The summed E-state index contributed by atoms with van der Waals surface area (Å²) in [5, 5.41) is 11.9. The molecule has 0 aliphatic carbocycles. The number of nitrogens with one attached hydrogen (secondary N) is 1. The number of benzene rings is 1. The first-order chi connectivity index (χ1) is 15.1. The van der Waals surface area contributed by atoms with Crippen molar-refractivity contribution in [1.29, 1.82) is 0 Å². The zero-order chi connectivity index (χ0) is 21.8. The molecule has 1 unspecified atom stereocenters. The molecule has 3 heterocycles. The fourth-order valence-corrected chi connectivity index (χ4v) is 4.08. The molecule has 176 valence electrons. The van der Waals surface area contributed by atoms with E-state index in [4.69, 9.17) is 19.2 Å². The van der Waals surface area contributed by atoms with Gasteiger partial charge in [0.05, 0.1) is 20.3 Å². The Bertz CT molecular complexity index is 942. The van der Waals surface area contributed by atoms with E-state index in [9.17, 15) is 0 Å². The number of nitrogens with zero attached hydrogens (tertiary/aromatic N) is 5. The average molecular weight is 556 g/mol. The zero-order valence-electron chi connectivity index (χ0n) is 19.3. The van der Waals surface area contributed by atoms with Gasteiger partial charge in [-0.2, -0.15) is 0 Å². The lowest BCUT2D eigenvalue weighted by Gasteiger charge is -2.32. The number of fused-ring (bicyclic) bond motifs is 1. The quantitative estimate of drug-likeness (QED) is 0.333. The molecule has 1 N–H and O–H groups in total. The molecular formula is C22H33IN6O3. The molecule has 0 radical (unpaired) electrons. The van der Waals surface area contributed by atoms with Crippen LogP contribution in [0.1, 0.15) is 35.6 Å². The van der Waals surface area contributed by atoms with Gasteiger partial charge in [-0.05, 0) is 49.4 Å². The molecule has 0 amide bonds. The minimum atomic E-state index is 0. The molecule has 2 aromatic rings. The van der Waals surface area contributed by atoms with E-state index < -0.39 is 0 Å². The summed E-state index contributed by atoms with van der Waals surface area (Å²) in [6.45, 7) is 5.64. The number of rotatable bonds is 6. The van der Waals surface area contributed by atoms with E-state index in [0.717, 1.165) is 74.6 Å². The number of guanidine groups is 1. The topological polar surface area (TPSA) is 86.0 Å². The normalized spacial score (nSPS) is 18.2. The van der Waals surface area contributed by atoms with E-state index in [1.807, 2.05) is 18.5 Å². The summed E-state index contributed by atoms with van der Waals surface area (Å²) in [6, 6.07) is 4.16. The predicted octanol–water partition coefficient (Wildman–Crippen LogP) is 2.44. The first-order valence-corrected chi connectivity index (χ1v) is 10.8. The van der Waals surface area contributed by atoms with Crippen molar-refractivity contribution >= 4 is 29.9 Å². The van der Waals surface area contributed by atoms with Crippen LogP contribution in [0.3, 0.4) is 0 Å². The van der Waals surface area contributed by atoms with Crippen LogP contribution in [0.15, 0.2) is 17.1 Å². The number of aromatic nitrogens is 3. The third kappa shape index (κ3) is 5.45. The summed E-state index contributed by atoms with van der Waals surface area (Å²) in [6.07, 6.45) is 3.36. The Morgan fingerprint density at radius 3 is 2.59 bits per heavy atom. The summed E-state index contributed by atoms with van der Waals surface area (Å²) in [5.74, 6) is 4.13. The van der Waals surface area contributed by atoms with Crippen LogP contribution in [0.5, 0.6) is 11.5 Å². The molecule has 0 bridgehead atoms. The molecule has 1 saturated heterocycles. The van der Waals surface area contributed by atoms with Crippen LogP contribution in [0.2, 0.25) is 0 Å². The minimum absolute atomic E-state index is 0. The largest absolute Gasteiger partial charge is 0.493 e. The highest BCUT2D eigenvalue weighted by Crippen LogP contribution is 2.33. The third-order valence-electron chi connectivity index (χ3n) is 6.08. The smallest absolute Gasteiger partial charge is 0.194 e. The van der Waals surface area contributed by atoms with Gasteiger partial charge in [-0.25, -0.2) is 4.99 Å². The Labute approximate surface area is 206 Å². The SMILES string of the molecule is COc1cc2c(cc1OC)CN(C(=NCc1nnc(C)n1C)NCC1CCCO1)CC2.I. The third-order valence-corrected chi connectivity index (χ3v) is 6.08. The van der Waals surface area contributed by atoms with E-state index >= 15 is 0 Å². The van der Waals surface area contributed by atoms with Crippen molar-refractivity contribution in [2.45, 2.75) is 45.4 Å². The van der Waals surface area contributed by atoms with Crippen LogP contribution in [0.4, 0.5) is 0 Å². The van der Waals surface area contributed by atoms with Gasteiger partial charge in [0.25, 0.3) is 0 Å². The number of ether oxygens (including phenoxy) is 3. The second-order valence-electron chi connectivity index (χ2n) is 8.03. The summed E-state index contributed by atoms with van der Waals surface area (Å²) < 4.78 is 18.8. The van der Waals surface area contributed by atoms with Gasteiger partial charge < -0.3 is 29.0 Å². The molecule has 32 heavy (non-hydrogen) atoms. The molecule has 1 atom stereocenters. The van der Waals surface area contributed by atoms with Crippen LogP contribution < -0.4 is 14.8 Å². The molecule has 4 rings (SSSR count). The Morgan fingerprint density at radius 1 is 1.22 bits per heavy atom. The van der Waals surface area contributed by atoms with Crippen molar-refractivity contribution in [2.75, 3.05) is 33.9 Å². The first kappa shape index (κ1) is 24.6. The predicted molar refractivity (Wildman–Crippen MR) is 133 cm³/mol. The number of aryl methyl sites for hydroxylation is 1. The summed E-state index contributed by atoms with van der Waals surface area (Å²) >= 11 is 0. The second-order valence-corrected chi connectivity index (χ2v) is 8.03. The molecule has 1 aromatic carbocycles. The molecule has 2 aliphatic rings. The molecule has 9 nitrogen and oxygen atoms in total. The number of hydrogen-bond donors (Lipinski definition) is 1. The van der Waals surface area contributed by atoms with E-state index in [-0.39, 0.29) is 30.1 Å². The highest BCUT2D eigenvalue weighted by Gasteiger charge is 2.23. The van der Waals surface area contributed by atoms with Gasteiger partial charge in [-0.15, -0.1) is 34.2 Å². The maximum atomic E-state index is 5.80. The van der Waals surface area contributed by atoms with Gasteiger partial charge in [0, 0.05) is 33.3 Å². The Balaban J connectivity index is 0.00000289. The van der Waals surface area contributed by atoms with E-state index in [2.05, 4.69) is 32.5 Å². The fraction of sp³-hybridized carbons (Fsp3) is 0.591. The first-order valence-electron chi connectivity index (χ1n) is 10.8. The number of hydrogen-bond acceptors (Lipinski definition) is 6. The van der Waals surface area contributed by atoms with Crippen LogP contribution in [-0.2, 0) is 31.3 Å². The van der Waals surface area contributed by atoms with Crippen molar-refractivity contribution < 1.29 is 14.2 Å². The van der Waals surface area contributed by atoms with Gasteiger partial charge >= 0.3 is 0 Å². The fourth-order valence-electron chi connectivity index (χ4n) is 4.08. The van der Waals surface area contributed by atoms with Crippen LogP contribution >= 0.6 is 24.0 Å². The van der Waals surface area contributed by atoms with Gasteiger partial charge in [0.15, 0.2) is 23.3 Å². The summed E-state index contributed by atoms with van der Waals surface area (Å²) in [7, 11) is 5.31. The van der Waals surface area contributed by atoms with Crippen molar-refractivity contribution in [3.8, 4) is 11.5 Å². The van der Waals surface area contributed by atoms with Crippen molar-refractivity contribution in [1.82, 2.24) is 25.0 Å². The summed E-state index contributed by atoms with van der Waals surface area (Å²) in [5.41, 5.74) is 2.52. The van der Waals surface area contributed by atoms with E-state index in [0.29, 0.717) is 6.54 Å². The minimum Gasteiger partial charge on any atom is -0.493 e.